The normalized spacial score (nSPS) is 11.0. The van der Waals surface area contributed by atoms with Gasteiger partial charge in [-0.2, -0.15) is 15.4 Å². The lowest BCUT2D eigenvalue weighted by molar-refractivity contribution is -0.129. The molecule has 1 rings (SSSR count). The second kappa shape index (κ2) is 10.9. The molecule has 2 amide bonds. The molecule has 130 valence electrons. The number of aromatic nitrogens is 3. The number of rotatable bonds is 11. The van der Waals surface area contributed by atoms with Crippen molar-refractivity contribution in [1.29, 1.82) is 0 Å². The highest BCUT2D eigenvalue weighted by Gasteiger charge is 2.24. The maximum atomic E-state index is 12.5. The van der Waals surface area contributed by atoms with Gasteiger partial charge in [-0.15, -0.1) is 0 Å². The van der Waals surface area contributed by atoms with Crippen LogP contribution >= 0.6 is 0 Å². The van der Waals surface area contributed by atoms with Gasteiger partial charge in [0.1, 0.15) is 0 Å². The van der Waals surface area contributed by atoms with Crippen molar-refractivity contribution in [3.63, 3.8) is 0 Å². The number of aromatic amines is 1. The van der Waals surface area contributed by atoms with Gasteiger partial charge < -0.3 is 0 Å². The fourth-order valence-corrected chi connectivity index (χ4v) is 2.64. The number of unbranched alkanes of at least 4 members (excludes halogenated alkanes) is 3. The van der Waals surface area contributed by atoms with Crippen LogP contribution in [0.3, 0.4) is 0 Å². The van der Waals surface area contributed by atoms with Crippen LogP contribution in [0.4, 0.5) is 0 Å². The zero-order valence-electron chi connectivity index (χ0n) is 14.7. The summed E-state index contributed by atoms with van der Waals surface area (Å²) in [6.07, 6.45) is 8.87. The summed E-state index contributed by atoms with van der Waals surface area (Å²) in [5.41, 5.74) is 0.205. The monoisotopic (exact) mass is 322 g/mol. The molecule has 23 heavy (non-hydrogen) atoms. The Hall–Kier alpha value is -1.72. The fourth-order valence-electron chi connectivity index (χ4n) is 2.64. The standard InChI is InChI=1S/C17H30N4O2/c1-4-7-8-9-12-21(17(23)15-13-18-20-19-15)16(22)11-10-14(5-2)6-3/h13-14H,4-12H2,1-3H3,(H,18,19,20). The highest BCUT2D eigenvalue weighted by molar-refractivity contribution is 6.03. The van der Waals surface area contributed by atoms with Crippen LogP contribution in [0.5, 0.6) is 0 Å². The highest BCUT2D eigenvalue weighted by Crippen LogP contribution is 2.16. The molecule has 1 N–H and O–H groups in total. The van der Waals surface area contributed by atoms with Gasteiger partial charge in [-0.05, 0) is 18.8 Å². The van der Waals surface area contributed by atoms with Gasteiger partial charge in [0.05, 0.1) is 6.20 Å². The maximum absolute atomic E-state index is 12.5. The summed E-state index contributed by atoms with van der Waals surface area (Å²) >= 11 is 0. The van der Waals surface area contributed by atoms with E-state index < -0.39 is 0 Å². The minimum absolute atomic E-state index is 0.0959. The maximum Gasteiger partial charge on any atom is 0.282 e. The predicted octanol–water partition coefficient (Wildman–Crippen LogP) is 3.57. The quantitative estimate of drug-likeness (QED) is 0.632. The van der Waals surface area contributed by atoms with Crippen LogP contribution in [0.2, 0.25) is 0 Å². The van der Waals surface area contributed by atoms with Crippen LogP contribution in [-0.4, -0.2) is 38.7 Å². The van der Waals surface area contributed by atoms with E-state index in [4.69, 9.17) is 0 Å². The molecular weight excluding hydrogens is 292 g/mol. The Kier molecular flexibility index (Phi) is 9.17. The third-order valence-corrected chi connectivity index (χ3v) is 4.34. The first kappa shape index (κ1) is 19.3. The van der Waals surface area contributed by atoms with Gasteiger partial charge in [-0.3, -0.25) is 14.5 Å². The molecule has 0 aliphatic rings. The van der Waals surface area contributed by atoms with Crippen molar-refractivity contribution >= 4 is 11.8 Å². The topological polar surface area (TPSA) is 79.0 Å². The van der Waals surface area contributed by atoms with Crippen LogP contribution in [0.25, 0.3) is 0 Å². The van der Waals surface area contributed by atoms with Crippen molar-refractivity contribution < 1.29 is 9.59 Å². The number of carbonyl (C=O) groups excluding carboxylic acids is 2. The lowest BCUT2D eigenvalue weighted by atomic mass is 9.97. The molecule has 1 heterocycles. The van der Waals surface area contributed by atoms with Crippen LogP contribution in [0, 0.1) is 5.92 Å². The highest BCUT2D eigenvalue weighted by atomic mass is 16.2. The number of hydrogen-bond acceptors (Lipinski definition) is 4. The summed E-state index contributed by atoms with van der Waals surface area (Å²) in [5, 5.41) is 9.90. The Morgan fingerprint density at radius 1 is 1.17 bits per heavy atom. The van der Waals surface area contributed by atoms with E-state index >= 15 is 0 Å². The van der Waals surface area contributed by atoms with Crippen molar-refractivity contribution in [2.45, 2.75) is 72.1 Å². The van der Waals surface area contributed by atoms with Gasteiger partial charge in [-0.25, -0.2) is 0 Å². The van der Waals surface area contributed by atoms with Gasteiger partial charge in [0.2, 0.25) is 5.91 Å². The summed E-state index contributed by atoms with van der Waals surface area (Å²) in [6.45, 7) is 6.88. The van der Waals surface area contributed by atoms with Crippen molar-refractivity contribution in [3.8, 4) is 0 Å². The summed E-state index contributed by atoms with van der Waals surface area (Å²) in [6, 6.07) is 0. The SMILES string of the molecule is CCCCCCN(C(=O)CCC(CC)CC)C(=O)c1cn[nH]n1. The smallest absolute Gasteiger partial charge is 0.277 e. The Bertz CT molecular complexity index is 455. The van der Waals surface area contributed by atoms with Gasteiger partial charge in [-0.1, -0.05) is 52.9 Å². The van der Waals surface area contributed by atoms with Crippen LogP contribution in [-0.2, 0) is 4.79 Å². The van der Waals surface area contributed by atoms with E-state index in [9.17, 15) is 9.59 Å². The largest absolute Gasteiger partial charge is 0.282 e. The van der Waals surface area contributed by atoms with Crippen molar-refractivity contribution in [2.24, 2.45) is 5.92 Å². The minimum Gasteiger partial charge on any atom is -0.277 e. The first-order valence-electron chi connectivity index (χ1n) is 8.84. The number of H-pyrrole nitrogens is 1. The van der Waals surface area contributed by atoms with Crippen LogP contribution in [0.1, 0.15) is 82.6 Å². The van der Waals surface area contributed by atoms with E-state index in [2.05, 4.69) is 36.2 Å². The van der Waals surface area contributed by atoms with Gasteiger partial charge in [0.15, 0.2) is 5.69 Å². The van der Waals surface area contributed by atoms with E-state index in [1.54, 1.807) is 0 Å². The lowest BCUT2D eigenvalue weighted by Gasteiger charge is -2.21. The number of nitrogens with one attached hydrogen (secondary N) is 1. The molecule has 6 heteroatoms. The van der Waals surface area contributed by atoms with E-state index in [-0.39, 0.29) is 17.5 Å². The number of hydrogen-bond donors (Lipinski definition) is 1. The Morgan fingerprint density at radius 2 is 1.91 bits per heavy atom. The average molecular weight is 322 g/mol. The molecule has 0 aromatic carbocycles. The minimum atomic E-state index is -0.343. The zero-order chi connectivity index (χ0) is 17.1. The number of carbonyl (C=O) groups is 2. The molecule has 0 unspecified atom stereocenters. The van der Waals surface area contributed by atoms with Crippen molar-refractivity contribution in [3.05, 3.63) is 11.9 Å². The van der Waals surface area contributed by atoms with Crippen LogP contribution < -0.4 is 0 Å². The van der Waals surface area contributed by atoms with Crippen molar-refractivity contribution in [2.75, 3.05) is 6.54 Å². The molecule has 6 nitrogen and oxygen atoms in total. The van der Waals surface area contributed by atoms with Gasteiger partial charge in [0.25, 0.3) is 5.91 Å². The molecule has 0 aliphatic heterocycles. The third-order valence-electron chi connectivity index (χ3n) is 4.34. The first-order valence-corrected chi connectivity index (χ1v) is 8.84. The molecule has 0 saturated heterocycles. The fraction of sp³-hybridized carbons (Fsp3) is 0.765. The molecule has 0 bridgehead atoms. The number of amides is 2. The van der Waals surface area contributed by atoms with E-state index in [0.717, 1.165) is 44.9 Å². The van der Waals surface area contributed by atoms with Gasteiger partial charge in [0, 0.05) is 13.0 Å². The molecule has 1 aromatic rings. The molecule has 1 aromatic heterocycles. The van der Waals surface area contributed by atoms with E-state index in [1.807, 2.05) is 0 Å². The Labute approximate surface area is 139 Å². The van der Waals surface area contributed by atoms with E-state index in [0.29, 0.717) is 18.9 Å². The molecule has 0 radical (unpaired) electrons. The number of imide groups is 1. The van der Waals surface area contributed by atoms with E-state index in [1.165, 1.54) is 11.1 Å². The molecule has 0 atom stereocenters. The molecule has 0 aliphatic carbocycles. The summed E-state index contributed by atoms with van der Waals surface area (Å²) in [7, 11) is 0. The Morgan fingerprint density at radius 3 is 2.48 bits per heavy atom. The second-order valence-electron chi connectivity index (χ2n) is 5.99. The number of nitrogens with zero attached hydrogens (tertiary/aromatic N) is 3. The van der Waals surface area contributed by atoms with Crippen molar-refractivity contribution in [1.82, 2.24) is 20.3 Å². The van der Waals surface area contributed by atoms with Crippen LogP contribution in [0.15, 0.2) is 6.20 Å². The van der Waals surface area contributed by atoms with Gasteiger partial charge >= 0.3 is 0 Å². The average Bonchev–Trinajstić information content (AvgIpc) is 3.09. The summed E-state index contributed by atoms with van der Waals surface area (Å²) in [4.78, 5) is 26.4. The molecule has 0 saturated carbocycles. The second-order valence-corrected chi connectivity index (χ2v) is 5.99. The summed E-state index contributed by atoms with van der Waals surface area (Å²) < 4.78 is 0. The molecule has 0 fully saturated rings. The predicted molar refractivity (Wildman–Crippen MR) is 89.9 cm³/mol. The summed E-state index contributed by atoms with van der Waals surface area (Å²) in [5.74, 6) is 0.106. The molecule has 0 spiro atoms. The first-order chi connectivity index (χ1) is 11.1. The zero-order valence-corrected chi connectivity index (χ0v) is 14.7. The molecular formula is C17H30N4O2. The lowest BCUT2D eigenvalue weighted by Crippen LogP contribution is -2.38. The third kappa shape index (κ3) is 6.50. The Balaban J connectivity index is 2.65.